The molecule has 1 aliphatic heterocycles. The van der Waals surface area contributed by atoms with Crippen molar-refractivity contribution in [1.82, 2.24) is 0 Å². The number of halogens is 1. The standard InChI is InChI=1S/C16H16BrNO/c1-10-2-7-15-13(8-10)14(18)9-16(19-15)11-3-5-12(17)6-4-11/h2-8,14,16H,9,18H2,1H3/t14-,16?/m0/s1. The first kappa shape index (κ1) is 12.7. The summed E-state index contributed by atoms with van der Waals surface area (Å²) in [4.78, 5) is 0. The molecule has 1 aliphatic rings. The minimum Gasteiger partial charge on any atom is -0.485 e. The van der Waals surface area contributed by atoms with Gasteiger partial charge in [0.1, 0.15) is 11.9 Å². The Kier molecular flexibility index (Phi) is 3.33. The minimum atomic E-state index is 0.0392. The van der Waals surface area contributed by atoms with E-state index in [-0.39, 0.29) is 12.1 Å². The molecule has 19 heavy (non-hydrogen) atoms. The topological polar surface area (TPSA) is 35.2 Å². The highest BCUT2D eigenvalue weighted by Gasteiger charge is 2.26. The molecular weight excluding hydrogens is 302 g/mol. The molecule has 2 aromatic rings. The van der Waals surface area contributed by atoms with Gasteiger partial charge >= 0.3 is 0 Å². The summed E-state index contributed by atoms with van der Waals surface area (Å²) in [5, 5.41) is 0. The molecule has 0 aliphatic carbocycles. The Morgan fingerprint density at radius 2 is 1.89 bits per heavy atom. The van der Waals surface area contributed by atoms with Crippen LogP contribution in [0.25, 0.3) is 0 Å². The fourth-order valence-corrected chi connectivity index (χ4v) is 2.77. The van der Waals surface area contributed by atoms with Gasteiger partial charge in [0.05, 0.1) is 0 Å². The average molecular weight is 318 g/mol. The summed E-state index contributed by atoms with van der Waals surface area (Å²) in [5.74, 6) is 0.914. The van der Waals surface area contributed by atoms with Crippen LogP contribution >= 0.6 is 15.9 Å². The van der Waals surface area contributed by atoms with Crippen LogP contribution in [-0.2, 0) is 0 Å². The van der Waals surface area contributed by atoms with Gasteiger partial charge in [0.15, 0.2) is 0 Å². The van der Waals surface area contributed by atoms with Gasteiger partial charge in [0, 0.05) is 22.5 Å². The average Bonchev–Trinajstić information content (AvgIpc) is 2.40. The van der Waals surface area contributed by atoms with Crippen molar-refractivity contribution in [2.24, 2.45) is 5.73 Å². The monoisotopic (exact) mass is 317 g/mol. The van der Waals surface area contributed by atoms with E-state index in [1.165, 1.54) is 11.1 Å². The number of aryl methyl sites for hydroxylation is 1. The van der Waals surface area contributed by atoms with Crippen molar-refractivity contribution in [1.29, 1.82) is 0 Å². The summed E-state index contributed by atoms with van der Waals surface area (Å²) >= 11 is 3.45. The summed E-state index contributed by atoms with van der Waals surface area (Å²) in [7, 11) is 0. The largest absolute Gasteiger partial charge is 0.485 e. The molecule has 0 bridgehead atoms. The zero-order valence-corrected chi connectivity index (χ0v) is 12.4. The van der Waals surface area contributed by atoms with Gasteiger partial charge in [0.2, 0.25) is 0 Å². The van der Waals surface area contributed by atoms with Gasteiger partial charge in [-0.1, -0.05) is 45.8 Å². The molecule has 0 fully saturated rings. The highest BCUT2D eigenvalue weighted by atomic mass is 79.9. The molecule has 0 amide bonds. The third-order valence-electron chi connectivity index (χ3n) is 3.54. The maximum atomic E-state index is 6.28. The SMILES string of the molecule is Cc1ccc2c(c1)[C@@H](N)CC(c1ccc(Br)cc1)O2. The van der Waals surface area contributed by atoms with Crippen molar-refractivity contribution >= 4 is 15.9 Å². The maximum Gasteiger partial charge on any atom is 0.126 e. The fraction of sp³-hybridized carbons (Fsp3) is 0.250. The lowest BCUT2D eigenvalue weighted by molar-refractivity contribution is 0.161. The molecule has 0 saturated heterocycles. The first-order valence-corrected chi connectivity index (χ1v) is 7.21. The molecule has 3 heteroatoms. The summed E-state index contributed by atoms with van der Waals surface area (Å²) in [6.45, 7) is 2.08. The summed E-state index contributed by atoms with van der Waals surface area (Å²) < 4.78 is 7.16. The first-order valence-electron chi connectivity index (χ1n) is 6.42. The van der Waals surface area contributed by atoms with Crippen molar-refractivity contribution in [2.75, 3.05) is 0 Å². The molecule has 98 valence electrons. The predicted octanol–water partition coefficient (Wildman–Crippen LogP) is 4.28. The highest BCUT2D eigenvalue weighted by molar-refractivity contribution is 9.10. The molecule has 1 heterocycles. The fourth-order valence-electron chi connectivity index (χ4n) is 2.51. The van der Waals surface area contributed by atoms with Crippen LogP contribution < -0.4 is 10.5 Å². The Morgan fingerprint density at radius 3 is 2.63 bits per heavy atom. The van der Waals surface area contributed by atoms with E-state index in [9.17, 15) is 0 Å². The molecule has 2 N–H and O–H groups in total. The van der Waals surface area contributed by atoms with E-state index < -0.39 is 0 Å². The number of ether oxygens (including phenoxy) is 1. The van der Waals surface area contributed by atoms with Gasteiger partial charge in [-0.3, -0.25) is 0 Å². The van der Waals surface area contributed by atoms with Crippen LogP contribution in [0.4, 0.5) is 0 Å². The van der Waals surface area contributed by atoms with E-state index in [4.69, 9.17) is 10.5 Å². The third kappa shape index (κ3) is 2.53. The number of hydrogen-bond donors (Lipinski definition) is 1. The Hall–Kier alpha value is -1.32. The molecule has 0 aromatic heterocycles. The molecule has 3 rings (SSSR count). The van der Waals surface area contributed by atoms with Crippen molar-refractivity contribution in [3.05, 3.63) is 63.6 Å². The zero-order valence-electron chi connectivity index (χ0n) is 10.8. The van der Waals surface area contributed by atoms with Crippen LogP contribution in [-0.4, -0.2) is 0 Å². The van der Waals surface area contributed by atoms with E-state index in [1.807, 2.05) is 18.2 Å². The third-order valence-corrected chi connectivity index (χ3v) is 4.07. The molecule has 2 nitrogen and oxygen atoms in total. The summed E-state index contributed by atoms with van der Waals surface area (Å²) in [5.41, 5.74) is 9.80. The van der Waals surface area contributed by atoms with E-state index in [0.717, 1.165) is 22.2 Å². The van der Waals surface area contributed by atoms with Crippen LogP contribution in [0, 0.1) is 6.92 Å². The van der Waals surface area contributed by atoms with Gasteiger partial charge in [-0.05, 0) is 30.7 Å². The normalized spacial score (nSPS) is 21.6. The summed E-state index contributed by atoms with van der Waals surface area (Å²) in [6.07, 6.45) is 0.858. The van der Waals surface area contributed by atoms with E-state index in [1.54, 1.807) is 0 Å². The number of benzene rings is 2. The minimum absolute atomic E-state index is 0.0392. The molecule has 2 aromatic carbocycles. The van der Waals surface area contributed by atoms with Gasteiger partial charge in [-0.15, -0.1) is 0 Å². The van der Waals surface area contributed by atoms with E-state index >= 15 is 0 Å². The zero-order chi connectivity index (χ0) is 13.4. The van der Waals surface area contributed by atoms with Crippen LogP contribution in [0.5, 0.6) is 5.75 Å². The van der Waals surface area contributed by atoms with Crippen molar-refractivity contribution in [3.8, 4) is 5.75 Å². The quantitative estimate of drug-likeness (QED) is 0.852. The molecule has 0 spiro atoms. The number of fused-ring (bicyclic) bond motifs is 1. The van der Waals surface area contributed by atoms with Crippen LogP contribution in [0.1, 0.15) is 35.3 Å². The van der Waals surface area contributed by atoms with Crippen molar-refractivity contribution in [3.63, 3.8) is 0 Å². The van der Waals surface area contributed by atoms with Gasteiger partial charge in [0.25, 0.3) is 0 Å². The van der Waals surface area contributed by atoms with Crippen molar-refractivity contribution < 1.29 is 4.74 Å². The number of hydrogen-bond acceptors (Lipinski definition) is 2. The van der Waals surface area contributed by atoms with Gasteiger partial charge < -0.3 is 10.5 Å². The Labute approximate surface area is 121 Å². The molecule has 0 saturated carbocycles. The highest BCUT2D eigenvalue weighted by Crippen LogP contribution is 2.40. The number of rotatable bonds is 1. The second-order valence-corrected chi connectivity index (χ2v) is 5.96. The van der Waals surface area contributed by atoms with Gasteiger partial charge in [-0.25, -0.2) is 0 Å². The lowest BCUT2D eigenvalue weighted by atomic mass is 9.93. The van der Waals surface area contributed by atoms with Crippen LogP contribution in [0.15, 0.2) is 46.9 Å². The lowest BCUT2D eigenvalue weighted by Gasteiger charge is -2.31. The van der Waals surface area contributed by atoms with Crippen LogP contribution in [0.2, 0.25) is 0 Å². The molecule has 1 unspecified atom stereocenters. The van der Waals surface area contributed by atoms with Crippen molar-refractivity contribution in [2.45, 2.75) is 25.5 Å². The first-order chi connectivity index (χ1) is 9.13. The Morgan fingerprint density at radius 1 is 1.16 bits per heavy atom. The lowest BCUT2D eigenvalue weighted by Crippen LogP contribution is -2.24. The van der Waals surface area contributed by atoms with E-state index in [2.05, 4.69) is 47.1 Å². The van der Waals surface area contributed by atoms with Crippen LogP contribution in [0.3, 0.4) is 0 Å². The smallest absolute Gasteiger partial charge is 0.126 e. The predicted molar refractivity (Wildman–Crippen MR) is 80.2 cm³/mol. The Balaban J connectivity index is 1.92. The molecule has 0 radical (unpaired) electrons. The maximum absolute atomic E-state index is 6.28. The molecular formula is C16H16BrNO. The summed E-state index contributed by atoms with van der Waals surface area (Å²) in [6, 6.07) is 14.5. The van der Waals surface area contributed by atoms with E-state index in [0.29, 0.717) is 0 Å². The number of nitrogens with two attached hydrogens (primary N) is 1. The Bertz CT molecular complexity index is 594. The second-order valence-electron chi connectivity index (χ2n) is 5.04. The second kappa shape index (κ2) is 4.99. The molecule has 2 atom stereocenters. The van der Waals surface area contributed by atoms with Gasteiger partial charge in [-0.2, -0.15) is 0 Å².